The van der Waals surface area contributed by atoms with Crippen molar-refractivity contribution < 1.29 is 4.74 Å². The second-order valence-corrected chi connectivity index (χ2v) is 8.80. The van der Waals surface area contributed by atoms with Crippen LogP contribution in [0.2, 0.25) is 5.02 Å². The molecule has 2 aromatic heterocycles. The van der Waals surface area contributed by atoms with Gasteiger partial charge in [0, 0.05) is 15.1 Å². The van der Waals surface area contributed by atoms with E-state index in [-0.39, 0.29) is 6.04 Å². The number of aromatic nitrogens is 1. The Balaban J connectivity index is 1.58. The highest BCUT2D eigenvalue weighted by Crippen LogP contribution is 2.39. The second kappa shape index (κ2) is 7.60. The van der Waals surface area contributed by atoms with E-state index in [0.29, 0.717) is 0 Å². The summed E-state index contributed by atoms with van der Waals surface area (Å²) in [5, 5.41) is 5.01. The number of hydrogen-bond acceptors (Lipinski definition) is 5. The third kappa shape index (κ3) is 3.73. The Morgan fingerprint density at radius 3 is 2.70 bits per heavy atom. The number of halogens is 1. The molecule has 0 aliphatic heterocycles. The minimum absolute atomic E-state index is 0.124. The molecule has 0 aliphatic rings. The van der Waals surface area contributed by atoms with Crippen molar-refractivity contribution in [2.45, 2.75) is 19.4 Å². The molecule has 0 saturated heterocycles. The molecular formula is C21H19ClN2OS2. The van der Waals surface area contributed by atoms with Gasteiger partial charge in [-0.3, -0.25) is 0 Å². The van der Waals surface area contributed by atoms with Gasteiger partial charge in [0.2, 0.25) is 0 Å². The molecular weight excluding hydrogens is 396 g/mol. The van der Waals surface area contributed by atoms with Crippen molar-refractivity contribution in [1.29, 1.82) is 0 Å². The third-order valence-corrected chi connectivity index (χ3v) is 7.09. The summed E-state index contributed by atoms with van der Waals surface area (Å²) in [6.45, 7) is 2.13. The molecule has 1 atom stereocenters. The normalized spacial score (nSPS) is 12.4. The summed E-state index contributed by atoms with van der Waals surface area (Å²) in [7, 11) is 1.67. The van der Waals surface area contributed by atoms with Crippen molar-refractivity contribution in [2.24, 2.45) is 5.73 Å². The van der Waals surface area contributed by atoms with E-state index in [4.69, 9.17) is 27.1 Å². The number of hydrogen-bond donors (Lipinski definition) is 1. The van der Waals surface area contributed by atoms with Gasteiger partial charge in [-0.15, -0.1) is 22.7 Å². The number of methoxy groups -OCH3 is 1. The maximum atomic E-state index is 6.42. The predicted molar refractivity (Wildman–Crippen MR) is 116 cm³/mol. The first-order valence-electron chi connectivity index (χ1n) is 8.58. The van der Waals surface area contributed by atoms with Crippen molar-refractivity contribution in [3.05, 3.63) is 69.0 Å². The molecule has 138 valence electrons. The molecule has 0 spiro atoms. The van der Waals surface area contributed by atoms with E-state index < -0.39 is 0 Å². The smallest absolute Gasteiger partial charge is 0.118 e. The average molecular weight is 415 g/mol. The third-order valence-electron chi connectivity index (χ3n) is 4.58. The average Bonchev–Trinajstić information content (AvgIpc) is 3.28. The number of benzene rings is 2. The number of ether oxygens (including phenoxy) is 1. The van der Waals surface area contributed by atoms with Gasteiger partial charge in [-0.25, -0.2) is 4.98 Å². The molecule has 6 heteroatoms. The number of thiophene rings is 1. The number of fused-ring (bicyclic) bond motifs is 1. The van der Waals surface area contributed by atoms with Gasteiger partial charge in [0.25, 0.3) is 0 Å². The van der Waals surface area contributed by atoms with Gasteiger partial charge >= 0.3 is 0 Å². The monoisotopic (exact) mass is 414 g/mol. The van der Waals surface area contributed by atoms with Crippen LogP contribution in [0.4, 0.5) is 0 Å². The van der Waals surface area contributed by atoms with E-state index in [9.17, 15) is 0 Å². The minimum Gasteiger partial charge on any atom is -0.497 e. The summed E-state index contributed by atoms with van der Waals surface area (Å²) in [5.41, 5.74) is 9.81. The highest BCUT2D eigenvalue weighted by Gasteiger charge is 2.17. The number of nitrogens with zero attached hydrogens (tertiary/aromatic N) is 1. The van der Waals surface area contributed by atoms with Crippen LogP contribution in [0, 0.1) is 6.92 Å². The van der Waals surface area contributed by atoms with Crippen LogP contribution in [0.3, 0.4) is 0 Å². The molecule has 0 amide bonds. The number of rotatable bonds is 5. The van der Waals surface area contributed by atoms with E-state index in [1.165, 1.54) is 26.1 Å². The van der Waals surface area contributed by atoms with Crippen LogP contribution in [-0.4, -0.2) is 12.1 Å². The first-order chi connectivity index (χ1) is 13.0. The van der Waals surface area contributed by atoms with Crippen molar-refractivity contribution in [3.8, 4) is 16.3 Å². The summed E-state index contributed by atoms with van der Waals surface area (Å²) < 4.78 is 6.43. The van der Waals surface area contributed by atoms with Gasteiger partial charge in [0.15, 0.2) is 0 Å². The summed E-state index contributed by atoms with van der Waals surface area (Å²) >= 11 is 9.52. The Morgan fingerprint density at radius 1 is 1.19 bits per heavy atom. The lowest BCUT2D eigenvalue weighted by Gasteiger charge is -2.09. The van der Waals surface area contributed by atoms with Gasteiger partial charge < -0.3 is 10.5 Å². The van der Waals surface area contributed by atoms with E-state index in [1.54, 1.807) is 29.8 Å². The lowest BCUT2D eigenvalue weighted by atomic mass is 10.1. The maximum Gasteiger partial charge on any atom is 0.118 e. The predicted octanol–water partition coefficient (Wildman–Crippen LogP) is 6.24. The van der Waals surface area contributed by atoms with Crippen molar-refractivity contribution in [2.75, 3.05) is 7.11 Å². The van der Waals surface area contributed by atoms with Crippen molar-refractivity contribution >= 4 is 44.4 Å². The number of nitrogens with two attached hydrogens (primary N) is 1. The number of thiazole rings is 1. The molecule has 0 saturated carbocycles. The minimum atomic E-state index is -0.124. The topological polar surface area (TPSA) is 48.1 Å². The Labute approximate surface area is 171 Å². The van der Waals surface area contributed by atoms with Gasteiger partial charge in [-0.2, -0.15) is 0 Å². The van der Waals surface area contributed by atoms with Gasteiger partial charge in [0.1, 0.15) is 10.8 Å². The van der Waals surface area contributed by atoms with Crippen LogP contribution >= 0.6 is 34.3 Å². The summed E-state index contributed by atoms with van der Waals surface area (Å²) in [6.07, 6.45) is 0.748. The Bertz CT molecular complexity index is 1090. The van der Waals surface area contributed by atoms with Crippen LogP contribution in [0.15, 0.2) is 47.8 Å². The zero-order valence-corrected chi connectivity index (χ0v) is 17.4. The highest BCUT2D eigenvalue weighted by atomic mass is 35.5. The SMILES string of the molecule is COc1ccc(CC(N)c2nc(-c3sc4ccc(Cl)cc4c3C)cs2)cc1. The van der Waals surface area contributed by atoms with E-state index in [1.807, 2.05) is 36.4 Å². The molecule has 0 aliphatic carbocycles. The lowest BCUT2D eigenvalue weighted by Crippen LogP contribution is -2.13. The fraction of sp³-hybridized carbons (Fsp3) is 0.190. The standard InChI is InChI=1S/C21H19ClN2OS2/c1-12-16-10-14(22)5-8-19(16)27-20(12)18-11-26-21(24-18)17(23)9-13-3-6-15(25-2)7-4-13/h3-8,10-11,17H,9,23H2,1-2H3. The molecule has 2 heterocycles. The van der Waals surface area contributed by atoms with E-state index >= 15 is 0 Å². The van der Waals surface area contributed by atoms with Crippen molar-refractivity contribution in [3.63, 3.8) is 0 Å². The quantitative estimate of drug-likeness (QED) is 0.420. The maximum absolute atomic E-state index is 6.42. The first-order valence-corrected chi connectivity index (χ1v) is 10.7. The zero-order valence-electron chi connectivity index (χ0n) is 15.0. The first kappa shape index (κ1) is 18.4. The Hall–Kier alpha value is -1.92. The van der Waals surface area contributed by atoms with Gasteiger partial charge in [0.05, 0.1) is 23.7 Å². The fourth-order valence-electron chi connectivity index (χ4n) is 3.10. The molecule has 3 nitrogen and oxygen atoms in total. The van der Waals surface area contributed by atoms with Gasteiger partial charge in [-0.1, -0.05) is 23.7 Å². The van der Waals surface area contributed by atoms with E-state index in [0.717, 1.165) is 27.9 Å². The van der Waals surface area contributed by atoms with Crippen LogP contribution < -0.4 is 10.5 Å². The molecule has 4 aromatic rings. The van der Waals surface area contributed by atoms with Crippen LogP contribution in [0.5, 0.6) is 5.75 Å². The molecule has 2 aromatic carbocycles. The molecule has 1 unspecified atom stereocenters. The largest absolute Gasteiger partial charge is 0.497 e. The molecule has 0 fully saturated rings. The number of aryl methyl sites for hydroxylation is 1. The zero-order chi connectivity index (χ0) is 19.0. The Kier molecular flexibility index (Phi) is 5.19. The molecule has 0 bridgehead atoms. The van der Waals surface area contributed by atoms with Crippen LogP contribution in [-0.2, 0) is 6.42 Å². The molecule has 27 heavy (non-hydrogen) atoms. The van der Waals surface area contributed by atoms with E-state index in [2.05, 4.69) is 18.4 Å². The lowest BCUT2D eigenvalue weighted by molar-refractivity contribution is 0.414. The van der Waals surface area contributed by atoms with Crippen LogP contribution in [0.1, 0.15) is 22.2 Å². The van der Waals surface area contributed by atoms with Gasteiger partial charge in [-0.05, 0) is 60.2 Å². The highest BCUT2D eigenvalue weighted by molar-refractivity contribution is 7.22. The Morgan fingerprint density at radius 2 is 1.96 bits per heavy atom. The molecule has 2 N–H and O–H groups in total. The summed E-state index contributed by atoms with van der Waals surface area (Å²) in [6, 6.07) is 13.9. The molecule has 0 radical (unpaired) electrons. The summed E-state index contributed by atoms with van der Waals surface area (Å²) in [4.78, 5) is 6.02. The van der Waals surface area contributed by atoms with Crippen LogP contribution in [0.25, 0.3) is 20.7 Å². The summed E-state index contributed by atoms with van der Waals surface area (Å²) in [5.74, 6) is 0.851. The van der Waals surface area contributed by atoms with Crippen molar-refractivity contribution in [1.82, 2.24) is 4.98 Å². The fourth-order valence-corrected chi connectivity index (χ4v) is 5.31. The second-order valence-electron chi connectivity index (χ2n) is 6.43. The molecule has 4 rings (SSSR count).